The van der Waals surface area contributed by atoms with Gasteiger partial charge in [0, 0.05) is 13.1 Å². The van der Waals surface area contributed by atoms with Crippen molar-refractivity contribution in [1.82, 2.24) is 19.1 Å². The van der Waals surface area contributed by atoms with Crippen LogP contribution >= 0.6 is 0 Å². The van der Waals surface area contributed by atoms with Gasteiger partial charge in [-0.2, -0.15) is 0 Å². The number of aromatic amines is 1. The first-order valence-electron chi connectivity index (χ1n) is 7.93. The summed E-state index contributed by atoms with van der Waals surface area (Å²) in [6.07, 6.45) is 7.63. The fourth-order valence-corrected chi connectivity index (χ4v) is 2.66. The molecule has 7 heteroatoms. The molecule has 2 N–H and O–H groups in total. The molecule has 0 atom stereocenters. The second kappa shape index (κ2) is 6.21. The van der Waals surface area contributed by atoms with Crippen molar-refractivity contribution >= 4 is 18.0 Å². The van der Waals surface area contributed by atoms with E-state index in [4.69, 9.17) is 0 Å². The van der Waals surface area contributed by atoms with Crippen LogP contribution in [0.5, 0.6) is 0 Å². The molecular weight excluding hydrogens is 280 g/mol. The van der Waals surface area contributed by atoms with E-state index in [1.54, 1.807) is 17.2 Å². The minimum absolute atomic E-state index is 0.102. The van der Waals surface area contributed by atoms with E-state index in [0.29, 0.717) is 6.54 Å². The van der Waals surface area contributed by atoms with Crippen molar-refractivity contribution in [3.63, 3.8) is 0 Å². The summed E-state index contributed by atoms with van der Waals surface area (Å²) in [6.45, 7) is 5.84. The average molecular weight is 302 g/mol. The number of nitrogens with one attached hydrogen (secondary N) is 2. The number of anilines is 1. The number of aromatic nitrogens is 4. The Kier molecular flexibility index (Phi) is 4.13. The molecule has 0 spiro atoms. The molecule has 0 saturated carbocycles. The Hall–Kier alpha value is -2.31. The molecule has 0 radical (unpaired) electrons. The van der Waals surface area contributed by atoms with E-state index in [0.717, 1.165) is 55.3 Å². The lowest BCUT2D eigenvalue weighted by atomic mass is 10.3. The summed E-state index contributed by atoms with van der Waals surface area (Å²) in [5.41, 5.74) is 1.36. The van der Waals surface area contributed by atoms with Gasteiger partial charge < -0.3 is 14.9 Å². The Bertz CT molecular complexity index is 736. The van der Waals surface area contributed by atoms with Gasteiger partial charge >= 0.3 is 5.69 Å². The lowest BCUT2D eigenvalue weighted by Crippen LogP contribution is -2.18. The monoisotopic (exact) mass is 302 g/mol. The average Bonchev–Trinajstić information content (AvgIpc) is 2.99. The number of aliphatic imine (C=N–C) groups is 1. The molecule has 1 aliphatic rings. The van der Waals surface area contributed by atoms with Gasteiger partial charge in [-0.1, -0.05) is 26.7 Å². The number of fused-ring (bicyclic) bond motifs is 3. The maximum atomic E-state index is 12.2. The Morgan fingerprint density at radius 1 is 1.18 bits per heavy atom. The second-order valence-electron chi connectivity index (χ2n) is 5.53. The van der Waals surface area contributed by atoms with Crippen molar-refractivity contribution < 1.29 is 0 Å². The Labute approximate surface area is 129 Å². The van der Waals surface area contributed by atoms with Crippen LogP contribution in [0, 0.1) is 0 Å². The van der Waals surface area contributed by atoms with Crippen molar-refractivity contribution in [3.05, 3.63) is 16.8 Å². The van der Waals surface area contributed by atoms with Gasteiger partial charge in [0.1, 0.15) is 17.2 Å². The molecule has 7 nitrogen and oxygen atoms in total. The summed E-state index contributed by atoms with van der Waals surface area (Å²) in [4.78, 5) is 24.1. The van der Waals surface area contributed by atoms with Crippen LogP contribution in [-0.2, 0) is 13.1 Å². The molecule has 3 rings (SSSR count). The molecule has 0 bridgehead atoms. The molecule has 3 heterocycles. The summed E-state index contributed by atoms with van der Waals surface area (Å²) in [5.74, 6) is 1.55. The van der Waals surface area contributed by atoms with Crippen LogP contribution in [0.2, 0.25) is 0 Å². The predicted octanol–water partition coefficient (Wildman–Crippen LogP) is 2.73. The molecule has 0 fully saturated rings. The van der Waals surface area contributed by atoms with Crippen molar-refractivity contribution in [2.75, 3.05) is 5.32 Å². The van der Waals surface area contributed by atoms with Crippen LogP contribution < -0.4 is 11.0 Å². The first-order chi connectivity index (χ1) is 10.8. The molecule has 0 saturated heterocycles. The van der Waals surface area contributed by atoms with Gasteiger partial charge in [0.05, 0.1) is 12.7 Å². The van der Waals surface area contributed by atoms with Gasteiger partial charge in [0.25, 0.3) is 0 Å². The lowest BCUT2D eigenvalue weighted by molar-refractivity contribution is 0.621. The molecule has 118 valence electrons. The van der Waals surface area contributed by atoms with Crippen molar-refractivity contribution in [2.45, 2.75) is 52.6 Å². The number of hydrogen-bond donors (Lipinski definition) is 2. The molecule has 2 aromatic heterocycles. The van der Waals surface area contributed by atoms with Crippen LogP contribution in [0.4, 0.5) is 11.6 Å². The first kappa shape index (κ1) is 14.6. The van der Waals surface area contributed by atoms with Gasteiger partial charge in [-0.3, -0.25) is 4.57 Å². The Morgan fingerprint density at radius 2 is 1.95 bits per heavy atom. The van der Waals surface area contributed by atoms with E-state index in [1.165, 1.54) is 0 Å². The number of hydrogen-bond acceptors (Lipinski definition) is 4. The van der Waals surface area contributed by atoms with Gasteiger partial charge in [-0.05, 0) is 12.8 Å². The van der Waals surface area contributed by atoms with Gasteiger partial charge in [0.2, 0.25) is 0 Å². The first-order valence-corrected chi connectivity index (χ1v) is 7.93. The zero-order valence-electron chi connectivity index (χ0n) is 13.1. The van der Waals surface area contributed by atoms with E-state index in [1.807, 2.05) is 4.57 Å². The number of aryl methyl sites for hydroxylation is 1. The zero-order chi connectivity index (χ0) is 15.5. The normalized spacial score (nSPS) is 12.6. The summed E-state index contributed by atoms with van der Waals surface area (Å²) in [7, 11) is 0. The zero-order valence-corrected chi connectivity index (χ0v) is 13.1. The minimum atomic E-state index is -0.102. The van der Waals surface area contributed by atoms with E-state index >= 15 is 0 Å². The van der Waals surface area contributed by atoms with Crippen molar-refractivity contribution in [3.8, 4) is 11.4 Å². The summed E-state index contributed by atoms with van der Waals surface area (Å²) in [6, 6.07) is 0. The molecule has 1 aliphatic heterocycles. The summed E-state index contributed by atoms with van der Waals surface area (Å²) in [5, 5.41) is 3.13. The highest BCUT2D eigenvalue weighted by atomic mass is 16.1. The molecule has 0 amide bonds. The van der Waals surface area contributed by atoms with Gasteiger partial charge in [-0.25, -0.2) is 14.8 Å². The van der Waals surface area contributed by atoms with E-state index in [2.05, 4.69) is 34.1 Å². The molecule has 0 aliphatic carbocycles. The maximum Gasteiger partial charge on any atom is 0.327 e. The van der Waals surface area contributed by atoms with Crippen molar-refractivity contribution in [1.29, 1.82) is 0 Å². The highest BCUT2D eigenvalue weighted by Gasteiger charge is 2.23. The van der Waals surface area contributed by atoms with Crippen LogP contribution in [0.3, 0.4) is 0 Å². The van der Waals surface area contributed by atoms with Crippen LogP contribution in [-0.4, -0.2) is 25.4 Å². The molecule has 2 aromatic rings. The van der Waals surface area contributed by atoms with E-state index in [9.17, 15) is 4.79 Å². The van der Waals surface area contributed by atoms with Crippen LogP contribution in [0.15, 0.2) is 16.1 Å². The molecule has 0 unspecified atom stereocenters. The third kappa shape index (κ3) is 2.47. The second-order valence-corrected chi connectivity index (χ2v) is 5.53. The minimum Gasteiger partial charge on any atom is -0.330 e. The predicted molar refractivity (Wildman–Crippen MR) is 87.9 cm³/mol. The third-order valence-corrected chi connectivity index (χ3v) is 3.91. The molecule has 0 aromatic carbocycles. The standard InChI is InChI=1S/C15H22N6O/c1-3-5-7-20-10-18-11-12-14(17-9-16-13(11)20)21(8-6-4-2)15(22)19-12/h9-10H,3-8H2,1-2H3,(H,16,17)(H,19,22). The van der Waals surface area contributed by atoms with Gasteiger partial charge in [-0.15, -0.1) is 0 Å². The van der Waals surface area contributed by atoms with Crippen LogP contribution in [0.25, 0.3) is 11.4 Å². The number of imidazole rings is 2. The topological polar surface area (TPSA) is 80.0 Å². The third-order valence-electron chi connectivity index (χ3n) is 3.91. The summed E-state index contributed by atoms with van der Waals surface area (Å²) >= 11 is 0. The highest BCUT2D eigenvalue weighted by Crippen LogP contribution is 2.34. The number of H-pyrrole nitrogens is 1. The van der Waals surface area contributed by atoms with E-state index < -0.39 is 0 Å². The highest BCUT2D eigenvalue weighted by molar-refractivity contribution is 5.89. The smallest absolute Gasteiger partial charge is 0.327 e. The van der Waals surface area contributed by atoms with Gasteiger partial charge in [0.15, 0.2) is 5.82 Å². The molecular formula is C15H22N6O. The SMILES string of the molecule is CCCCn1cnc2c1N=CNc1c-2[nH]c(=O)n1CCCC. The van der Waals surface area contributed by atoms with Crippen molar-refractivity contribution in [2.24, 2.45) is 4.99 Å². The fourth-order valence-electron chi connectivity index (χ4n) is 2.66. The lowest BCUT2D eigenvalue weighted by Gasteiger charge is -2.05. The fraction of sp³-hybridized carbons (Fsp3) is 0.533. The Morgan fingerprint density at radius 3 is 2.73 bits per heavy atom. The van der Waals surface area contributed by atoms with E-state index in [-0.39, 0.29) is 5.69 Å². The maximum absolute atomic E-state index is 12.2. The molecule has 22 heavy (non-hydrogen) atoms. The number of rotatable bonds is 6. The Balaban J connectivity index is 2.03. The number of unbranched alkanes of at least 4 members (excludes halogenated alkanes) is 2. The summed E-state index contributed by atoms with van der Waals surface area (Å²) < 4.78 is 3.76. The quantitative estimate of drug-likeness (QED) is 0.861. The van der Waals surface area contributed by atoms with Crippen LogP contribution in [0.1, 0.15) is 39.5 Å². The largest absolute Gasteiger partial charge is 0.330 e. The number of nitrogens with zero attached hydrogens (tertiary/aromatic N) is 4.